The van der Waals surface area contributed by atoms with E-state index in [0.717, 1.165) is 88.4 Å². The molecule has 0 saturated carbocycles. The van der Waals surface area contributed by atoms with Gasteiger partial charge in [0.25, 0.3) is 0 Å². The molecule has 362 valence electrons. The topological polar surface area (TPSA) is 80.3 Å². The van der Waals surface area contributed by atoms with Gasteiger partial charge in [-0.1, -0.05) is 191 Å². The second-order valence-electron chi connectivity index (χ2n) is 18.6. The number of benzene rings is 3. The third-order valence-corrected chi connectivity index (χ3v) is 13.3. The maximum atomic E-state index is 11.3. The van der Waals surface area contributed by atoms with E-state index in [9.17, 15) is 9.59 Å². The highest BCUT2D eigenvalue weighted by atomic mass is 16.5. The second kappa shape index (κ2) is 34.3. The lowest BCUT2D eigenvalue weighted by Gasteiger charge is -2.31. The van der Waals surface area contributed by atoms with Gasteiger partial charge >= 0.3 is 11.9 Å². The first kappa shape index (κ1) is 53.6. The van der Waals surface area contributed by atoms with Crippen LogP contribution in [-0.4, -0.2) is 46.0 Å². The monoisotopic (exact) mass is 897 g/mol. The number of rotatable bonds is 39. The molecule has 0 fully saturated rings. The van der Waals surface area contributed by atoms with Crippen LogP contribution in [0.4, 0.5) is 0 Å². The minimum Gasteiger partial charge on any atom is -0.494 e. The summed E-state index contributed by atoms with van der Waals surface area (Å²) in [5, 5.41) is 0. The normalized spacial score (nSPS) is 12.9. The van der Waals surface area contributed by atoms with E-state index in [1.807, 2.05) is 0 Å². The van der Waals surface area contributed by atoms with Crippen LogP contribution in [0.2, 0.25) is 0 Å². The molecular formula is C58H88O7. The highest BCUT2D eigenvalue weighted by Crippen LogP contribution is 2.47. The molecule has 1 aliphatic carbocycles. The third kappa shape index (κ3) is 21.5. The van der Waals surface area contributed by atoms with Crippen LogP contribution in [0.1, 0.15) is 233 Å². The zero-order valence-electron chi connectivity index (χ0n) is 41.3. The van der Waals surface area contributed by atoms with Gasteiger partial charge in [-0.3, -0.25) is 9.59 Å². The third-order valence-electron chi connectivity index (χ3n) is 13.3. The molecule has 7 heteroatoms. The number of unbranched alkanes of at least 4 members (excludes halogenated alkanes) is 25. The van der Waals surface area contributed by atoms with Crippen LogP contribution in [0.25, 0.3) is 0 Å². The average Bonchev–Trinajstić information content (AvgIpc) is 3.33. The van der Waals surface area contributed by atoms with Crippen LogP contribution in [0.15, 0.2) is 60.7 Å². The van der Waals surface area contributed by atoms with Crippen molar-refractivity contribution in [1.82, 2.24) is 0 Å². The molecule has 7 nitrogen and oxygen atoms in total. The fraction of sp³-hybridized carbons (Fsp3) is 0.655. The van der Waals surface area contributed by atoms with Crippen LogP contribution in [-0.2, 0) is 25.5 Å². The Bertz CT molecular complexity index is 1720. The van der Waals surface area contributed by atoms with Gasteiger partial charge in [0, 0.05) is 36.3 Å². The summed E-state index contributed by atoms with van der Waals surface area (Å²) in [5.74, 6) is 2.81. The van der Waals surface area contributed by atoms with E-state index in [2.05, 4.69) is 67.6 Å². The van der Waals surface area contributed by atoms with Crippen molar-refractivity contribution in [3.8, 4) is 17.2 Å². The summed E-state index contributed by atoms with van der Waals surface area (Å²) in [6, 6.07) is 22.1. The van der Waals surface area contributed by atoms with Gasteiger partial charge in [-0.15, -0.1) is 0 Å². The highest BCUT2D eigenvalue weighted by molar-refractivity contribution is 5.69. The largest absolute Gasteiger partial charge is 0.494 e. The van der Waals surface area contributed by atoms with Crippen molar-refractivity contribution in [2.45, 2.75) is 212 Å². The maximum absolute atomic E-state index is 11.3. The molecule has 1 unspecified atom stereocenters. The van der Waals surface area contributed by atoms with Gasteiger partial charge in [-0.05, 0) is 73.1 Å². The standard InChI is InChI=1S/C58H88O7/c1-4-5-6-7-8-9-14-20-25-30-44-64-54-39-33-37-50-52(54)47-53-51(38-34-40-55(53)65-45-31-26-21-16-11-13-18-23-28-42-57(60)62-3)58(50)48-35-32-36-49(46-48)63-43-29-24-19-15-10-12-17-22-27-41-56(59)61-2/h32-40,46,58H,4-31,41-45,47H2,1-3H3. The van der Waals surface area contributed by atoms with E-state index in [0.29, 0.717) is 12.8 Å². The second-order valence-corrected chi connectivity index (χ2v) is 18.6. The first-order chi connectivity index (χ1) is 32.0. The van der Waals surface area contributed by atoms with Gasteiger partial charge < -0.3 is 23.7 Å². The Morgan fingerprint density at radius 1 is 0.446 bits per heavy atom. The zero-order chi connectivity index (χ0) is 46.0. The summed E-state index contributed by atoms with van der Waals surface area (Å²) >= 11 is 0. The molecule has 0 bridgehead atoms. The minimum atomic E-state index is -0.0974. The Morgan fingerprint density at radius 2 is 0.815 bits per heavy atom. The fourth-order valence-corrected chi connectivity index (χ4v) is 9.41. The molecule has 4 rings (SSSR count). The molecule has 0 heterocycles. The SMILES string of the molecule is CCCCCCCCCCCCOc1cccc2c1Cc1c(OCCCCCCCCCCCC(=O)OC)cccc1C2c1cccc(OCCCCCCCCCCCC(=O)OC)c1. The molecule has 0 N–H and O–H groups in total. The van der Waals surface area contributed by atoms with E-state index in [1.54, 1.807) is 0 Å². The van der Waals surface area contributed by atoms with Gasteiger partial charge in [-0.25, -0.2) is 0 Å². The smallest absolute Gasteiger partial charge is 0.305 e. The Hall–Kier alpha value is -4.00. The average molecular weight is 897 g/mol. The van der Waals surface area contributed by atoms with E-state index < -0.39 is 0 Å². The Balaban J connectivity index is 1.32. The summed E-state index contributed by atoms with van der Waals surface area (Å²) < 4.78 is 29.2. The molecule has 1 atom stereocenters. The van der Waals surface area contributed by atoms with Crippen LogP contribution >= 0.6 is 0 Å². The van der Waals surface area contributed by atoms with Crippen molar-refractivity contribution in [2.75, 3.05) is 34.0 Å². The number of carbonyl (C=O) groups excluding carboxylic acids is 2. The maximum Gasteiger partial charge on any atom is 0.305 e. The number of fused-ring (bicyclic) bond motifs is 2. The van der Waals surface area contributed by atoms with Crippen molar-refractivity contribution < 1.29 is 33.3 Å². The molecule has 0 radical (unpaired) electrons. The van der Waals surface area contributed by atoms with Gasteiger partial charge in [0.2, 0.25) is 0 Å². The Labute approximate surface area is 395 Å². The number of hydrogen-bond donors (Lipinski definition) is 0. The molecule has 0 amide bonds. The van der Waals surface area contributed by atoms with Crippen molar-refractivity contribution >= 4 is 11.9 Å². The molecule has 1 aliphatic rings. The minimum absolute atomic E-state index is 0.0580. The van der Waals surface area contributed by atoms with Crippen molar-refractivity contribution in [2.24, 2.45) is 0 Å². The lowest BCUT2D eigenvalue weighted by Crippen LogP contribution is -2.18. The number of ether oxygens (including phenoxy) is 5. The van der Waals surface area contributed by atoms with Gasteiger partial charge in [0.15, 0.2) is 0 Å². The number of esters is 2. The summed E-state index contributed by atoms with van der Waals surface area (Å²) in [6.45, 7) is 4.48. The van der Waals surface area contributed by atoms with E-state index in [-0.39, 0.29) is 17.9 Å². The quantitative estimate of drug-likeness (QED) is 0.0326. The lowest BCUT2D eigenvalue weighted by molar-refractivity contribution is -0.141. The van der Waals surface area contributed by atoms with Gasteiger partial charge in [-0.2, -0.15) is 0 Å². The summed E-state index contributed by atoms with van der Waals surface area (Å²) in [7, 11) is 2.93. The van der Waals surface area contributed by atoms with Crippen molar-refractivity contribution in [1.29, 1.82) is 0 Å². The first-order valence-corrected chi connectivity index (χ1v) is 26.4. The molecule has 3 aromatic carbocycles. The Morgan fingerprint density at radius 3 is 1.23 bits per heavy atom. The number of hydrogen-bond acceptors (Lipinski definition) is 7. The summed E-state index contributed by atoms with van der Waals surface area (Å²) in [5.41, 5.74) is 6.43. The van der Waals surface area contributed by atoms with Crippen LogP contribution in [0, 0.1) is 0 Å². The molecular weight excluding hydrogens is 809 g/mol. The van der Waals surface area contributed by atoms with Gasteiger partial charge in [0.05, 0.1) is 34.0 Å². The lowest BCUT2D eigenvalue weighted by atomic mass is 9.74. The van der Waals surface area contributed by atoms with Crippen LogP contribution < -0.4 is 14.2 Å². The van der Waals surface area contributed by atoms with E-state index >= 15 is 0 Å². The predicted octanol–water partition coefficient (Wildman–Crippen LogP) is 16.0. The summed E-state index contributed by atoms with van der Waals surface area (Å²) in [6.07, 6.45) is 35.9. The van der Waals surface area contributed by atoms with E-state index in [4.69, 9.17) is 23.7 Å². The van der Waals surface area contributed by atoms with Crippen molar-refractivity contribution in [3.05, 3.63) is 88.5 Å². The number of methoxy groups -OCH3 is 2. The highest BCUT2D eigenvalue weighted by Gasteiger charge is 2.31. The Kier molecular flexibility index (Phi) is 28.3. The number of carbonyl (C=O) groups is 2. The molecule has 3 aromatic rings. The molecule has 65 heavy (non-hydrogen) atoms. The summed E-state index contributed by atoms with van der Waals surface area (Å²) in [4.78, 5) is 22.6. The first-order valence-electron chi connectivity index (χ1n) is 26.4. The molecule has 0 aliphatic heterocycles. The molecule has 0 spiro atoms. The zero-order valence-corrected chi connectivity index (χ0v) is 41.3. The van der Waals surface area contributed by atoms with Gasteiger partial charge in [0.1, 0.15) is 17.2 Å². The fourth-order valence-electron chi connectivity index (χ4n) is 9.41. The van der Waals surface area contributed by atoms with Crippen LogP contribution in [0.5, 0.6) is 17.2 Å². The van der Waals surface area contributed by atoms with Crippen LogP contribution in [0.3, 0.4) is 0 Å². The predicted molar refractivity (Wildman–Crippen MR) is 268 cm³/mol. The van der Waals surface area contributed by atoms with Crippen molar-refractivity contribution in [3.63, 3.8) is 0 Å². The molecule has 0 saturated heterocycles. The van der Waals surface area contributed by atoms with E-state index in [1.165, 1.54) is 177 Å². The molecule has 0 aromatic heterocycles.